The Morgan fingerprint density at radius 1 is 1.15 bits per heavy atom. The standard InChI is InChI=1S/C30H27ClFN5O3/c1-17-8-22(32)23(34-14-17)16-40-25-9-19(3)37(29(39)27(25)31)24-10-26(35-15-18(24)2)36-7-5-6-21(28(36)38)30(4)11-20(12-30)13-33/h5-10,14-15,20H,11-12,16H2,1-4H3. The van der Waals surface area contributed by atoms with Crippen LogP contribution in [0.2, 0.25) is 5.02 Å². The first kappa shape index (κ1) is 27.3. The van der Waals surface area contributed by atoms with Crippen molar-refractivity contribution in [3.8, 4) is 23.3 Å². The number of hydrogen-bond donors (Lipinski definition) is 0. The smallest absolute Gasteiger partial charge is 0.277 e. The second-order valence-corrected chi connectivity index (χ2v) is 10.9. The van der Waals surface area contributed by atoms with Crippen LogP contribution in [0.3, 0.4) is 0 Å². The summed E-state index contributed by atoms with van der Waals surface area (Å²) in [6, 6.07) is 10.5. The summed E-state index contributed by atoms with van der Waals surface area (Å²) in [6.07, 6.45) is 6.02. The zero-order valence-electron chi connectivity index (χ0n) is 22.5. The molecule has 0 amide bonds. The number of aryl methyl sites for hydroxylation is 3. The molecule has 1 aliphatic rings. The van der Waals surface area contributed by atoms with Crippen molar-refractivity contribution in [2.24, 2.45) is 5.92 Å². The van der Waals surface area contributed by atoms with Crippen LogP contribution < -0.4 is 15.9 Å². The van der Waals surface area contributed by atoms with Gasteiger partial charge in [0.25, 0.3) is 11.1 Å². The van der Waals surface area contributed by atoms with E-state index in [1.165, 1.54) is 21.4 Å². The summed E-state index contributed by atoms with van der Waals surface area (Å²) in [4.78, 5) is 35.5. The van der Waals surface area contributed by atoms with Gasteiger partial charge in [-0.1, -0.05) is 24.6 Å². The van der Waals surface area contributed by atoms with Gasteiger partial charge in [-0.3, -0.25) is 23.7 Å². The van der Waals surface area contributed by atoms with E-state index < -0.39 is 11.4 Å². The monoisotopic (exact) mass is 559 g/mol. The summed E-state index contributed by atoms with van der Waals surface area (Å²) in [7, 11) is 0. The highest BCUT2D eigenvalue weighted by atomic mass is 35.5. The fourth-order valence-electron chi connectivity index (χ4n) is 5.25. The van der Waals surface area contributed by atoms with Gasteiger partial charge in [0.2, 0.25) is 0 Å². The summed E-state index contributed by atoms with van der Waals surface area (Å²) < 4.78 is 22.8. The van der Waals surface area contributed by atoms with Gasteiger partial charge >= 0.3 is 0 Å². The fraction of sp³-hybridized carbons (Fsp3) is 0.300. The van der Waals surface area contributed by atoms with Gasteiger partial charge in [0, 0.05) is 53.3 Å². The number of nitriles is 1. The Kier molecular flexibility index (Phi) is 7.06. The lowest BCUT2D eigenvalue weighted by molar-refractivity contribution is 0.206. The Hall–Kier alpha value is -4.29. The Morgan fingerprint density at radius 2 is 1.90 bits per heavy atom. The van der Waals surface area contributed by atoms with Crippen LogP contribution >= 0.6 is 11.6 Å². The lowest BCUT2D eigenvalue weighted by Gasteiger charge is -2.42. The first-order valence-corrected chi connectivity index (χ1v) is 13.2. The molecule has 204 valence electrons. The predicted octanol–water partition coefficient (Wildman–Crippen LogP) is 5.27. The summed E-state index contributed by atoms with van der Waals surface area (Å²) in [5.74, 6) is -0.101. The molecular weight excluding hydrogens is 533 g/mol. The third-order valence-electron chi connectivity index (χ3n) is 7.44. The van der Waals surface area contributed by atoms with Gasteiger partial charge < -0.3 is 4.74 Å². The molecule has 4 aromatic heterocycles. The van der Waals surface area contributed by atoms with E-state index in [1.54, 1.807) is 57.4 Å². The molecular formula is C30H27ClFN5O3. The third kappa shape index (κ3) is 4.80. The van der Waals surface area contributed by atoms with E-state index in [-0.39, 0.29) is 40.0 Å². The Balaban J connectivity index is 1.51. The van der Waals surface area contributed by atoms with E-state index in [0.717, 1.165) is 0 Å². The number of pyridine rings is 4. The molecule has 1 fully saturated rings. The van der Waals surface area contributed by atoms with Crippen LogP contribution in [-0.4, -0.2) is 19.1 Å². The van der Waals surface area contributed by atoms with Crippen molar-refractivity contribution in [3.63, 3.8) is 0 Å². The van der Waals surface area contributed by atoms with Gasteiger partial charge in [-0.15, -0.1) is 0 Å². The molecule has 0 atom stereocenters. The van der Waals surface area contributed by atoms with Crippen molar-refractivity contribution in [1.29, 1.82) is 5.26 Å². The summed E-state index contributed by atoms with van der Waals surface area (Å²) in [5, 5.41) is 9.04. The van der Waals surface area contributed by atoms with Gasteiger partial charge in [-0.25, -0.2) is 9.37 Å². The van der Waals surface area contributed by atoms with Crippen molar-refractivity contribution in [2.75, 3.05) is 0 Å². The minimum absolute atomic E-state index is 0.0547. The van der Waals surface area contributed by atoms with Crippen LogP contribution in [0.15, 0.2) is 58.5 Å². The first-order chi connectivity index (χ1) is 19.0. The van der Waals surface area contributed by atoms with Crippen LogP contribution in [0.25, 0.3) is 11.5 Å². The number of nitrogens with zero attached hydrogens (tertiary/aromatic N) is 5. The van der Waals surface area contributed by atoms with Gasteiger partial charge in [0.1, 0.15) is 34.7 Å². The van der Waals surface area contributed by atoms with Gasteiger partial charge in [0.05, 0.1) is 11.8 Å². The second-order valence-electron chi connectivity index (χ2n) is 10.6. The molecule has 40 heavy (non-hydrogen) atoms. The van der Waals surface area contributed by atoms with Crippen LogP contribution in [0.4, 0.5) is 4.39 Å². The Bertz CT molecular complexity index is 1800. The molecule has 0 saturated heterocycles. The van der Waals surface area contributed by atoms with E-state index >= 15 is 0 Å². The van der Waals surface area contributed by atoms with Crippen LogP contribution in [-0.2, 0) is 12.0 Å². The molecule has 0 aliphatic heterocycles. The predicted molar refractivity (Wildman–Crippen MR) is 149 cm³/mol. The average molecular weight is 560 g/mol. The second kappa shape index (κ2) is 10.4. The van der Waals surface area contributed by atoms with Crippen LogP contribution in [0.1, 0.15) is 47.8 Å². The van der Waals surface area contributed by atoms with Crippen LogP contribution in [0, 0.1) is 43.8 Å². The van der Waals surface area contributed by atoms with E-state index in [1.807, 2.05) is 6.92 Å². The minimum atomic E-state index is -0.528. The van der Waals surface area contributed by atoms with Crippen molar-refractivity contribution in [2.45, 2.75) is 52.6 Å². The summed E-state index contributed by atoms with van der Waals surface area (Å²) >= 11 is 6.44. The lowest BCUT2D eigenvalue weighted by Crippen LogP contribution is -2.43. The van der Waals surface area contributed by atoms with Gasteiger partial charge in [-0.05, 0) is 56.9 Å². The molecule has 0 unspecified atom stereocenters. The SMILES string of the molecule is Cc1cnc(COc2cc(C)n(-c3cc(-n4cccc(C5(C)CC(C#N)C5)c4=O)ncc3C)c(=O)c2Cl)c(F)c1. The van der Waals surface area contributed by atoms with Crippen molar-refractivity contribution >= 4 is 11.6 Å². The van der Waals surface area contributed by atoms with Crippen LogP contribution in [0.5, 0.6) is 5.75 Å². The Labute approximate surface area is 235 Å². The number of rotatable bonds is 6. The molecule has 1 saturated carbocycles. The molecule has 4 heterocycles. The maximum Gasteiger partial charge on any atom is 0.277 e. The first-order valence-electron chi connectivity index (χ1n) is 12.8. The number of aromatic nitrogens is 4. The molecule has 10 heteroatoms. The number of halogens is 2. The zero-order valence-corrected chi connectivity index (χ0v) is 23.3. The van der Waals surface area contributed by atoms with Gasteiger partial charge in [0.15, 0.2) is 0 Å². The normalized spacial score (nSPS) is 18.2. The van der Waals surface area contributed by atoms with Crippen molar-refractivity contribution < 1.29 is 9.13 Å². The molecule has 4 aromatic rings. The molecule has 0 aromatic carbocycles. The Morgan fingerprint density at radius 3 is 2.60 bits per heavy atom. The van der Waals surface area contributed by atoms with E-state index in [4.69, 9.17) is 16.3 Å². The van der Waals surface area contributed by atoms with Crippen molar-refractivity contribution in [3.05, 3.63) is 109 Å². The fourth-order valence-corrected chi connectivity index (χ4v) is 5.44. The molecule has 8 nitrogen and oxygen atoms in total. The third-order valence-corrected chi connectivity index (χ3v) is 7.79. The topological polar surface area (TPSA) is 103 Å². The molecule has 5 rings (SSSR count). The summed E-state index contributed by atoms with van der Waals surface area (Å²) in [5.41, 5.74) is 2.01. The number of hydrogen-bond acceptors (Lipinski definition) is 6. The highest BCUT2D eigenvalue weighted by Crippen LogP contribution is 2.46. The number of ether oxygens (including phenoxy) is 1. The molecule has 0 bridgehead atoms. The van der Waals surface area contributed by atoms with Crippen molar-refractivity contribution in [1.82, 2.24) is 19.1 Å². The maximum absolute atomic E-state index is 14.2. The maximum atomic E-state index is 14.2. The molecule has 0 spiro atoms. The minimum Gasteiger partial charge on any atom is -0.485 e. The van der Waals surface area contributed by atoms with E-state index in [9.17, 15) is 19.2 Å². The largest absolute Gasteiger partial charge is 0.485 e. The molecule has 1 aliphatic carbocycles. The quantitative estimate of drug-likeness (QED) is 0.319. The molecule has 0 radical (unpaired) electrons. The zero-order chi connectivity index (χ0) is 28.8. The average Bonchev–Trinajstić information content (AvgIpc) is 2.90. The van der Waals surface area contributed by atoms with E-state index in [0.29, 0.717) is 46.7 Å². The summed E-state index contributed by atoms with van der Waals surface area (Å²) in [6.45, 7) is 7.07. The highest BCUT2D eigenvalue weighted by molar-refractivity contribution is 6.31. The van der Waals surface area contributed by atoms with Gasteiger partial charge in [-0.2, -0.15) is 5.26 Å². The van der Waals surface area contributed by atoms with E-state index in [2.05, 4.69) is 16.0 Å². The lowest BCUT2D eigenvalue weighted by atomic mass is 9.60. The highest BCUT2D eigenvalue weighted by Gasteiger charge is 2.43. The molecule has 0 N–H and O–H groups in total.